The molecule has 0 heterocycles. The highest BCUT2D eigenvalue weighted by Crippen LogP contribution is 2.09. The fraction of sp³-hybridized carbons (Fsp3) is 0.833. The maximum absolute atomic E-state index is 13.6. The average molecular weight is 869 g/mol. The molecule has 0 fully saturated rings. The molecular formula is C42H84N12O7. The monoisotopic (exact) mass is 869 g/mol. The van der Waals surface area contributed by atoms with Crippen LogP contribution in [-0.4, -0.2) is 160 Å². The van der Waals surface area contributed by atoms with Crippen LogP contribution in [0.4, 0.5) is 0 Å². The van der Waals surface area contributed by atoms with Gasteiger partial charge in [0.1, 0.15) is 18.4 Å². The molecular weight excluding hydrogens is 785 g/mol. The highest BCUT2D eigenvalue weighted by atomic mass is 16.2. The molecule has 0 bridgehead atoms. The SMILES string of the molecule is CNCCCCC(NC)C(=O)NCCCCC(NC(=O)C(CCCCNC)NC)C(=O)NC(C=O)CCCCNC(=O)C(CCCNC=O)NC(=O)C(CCCCNC)NC. The van der Waals surface area contributed by atoms with Crippen LogP contribution in [0, 0.1) is 0 Å². The Kier molecular flexibility index (Phi) is 36.7. The van der Waals surface area contributed by atoms with E-state index in [0.29, 0.717) is 90.0 Å². The number of hydrogen-bond acceptors (Lipinski definition) is 13. The van der Waals surface area contributed by atoms with Gasteiger partial charge in [-0.3, -0.25) is 28.8 Å². The van der Waals surface area contributed by atoms with Gasteiger partial charge in [0.05, 0.1) is 24.2 Å². The van der Waals surface area contributed by atoms with Crippen LogP contribution in [0.5, 0.6) is 0 Å². The summed E-state index contributed by atoms with van der Waals surface area (Å²) in [5.74, 6) is -1.44. The molecule has 0 aliphatic heterocycles. The fourth-order valence-electron chi connectivity index (χ4n) is 6.81. The summed E-state index contributed by atoms with van der Waals surface area (Å²) in [6, 6.07) is -3.72. The van der Waals surface area contributed by atoms with Crippen LogP contribution in [0.2, 0.25) is 0 Å². The summed E-state index contributed by atoms with van der Waals surface area (Å²) in [5, 5.41) is 35.5. The molecule has 19 heteroatoms. The molecule has 0 aromatic rings. The smallest absolute Gasteiger partial charge is 0.243 e. The largest absolute Gasteiger partial charge is 0.359 e. The number of carbonyl (C=O) groups excluding carboxylic acids is 7. The molecule has 0 aromatic heterocycles. The topological polar surface area (TPSA) is 264 Å². The number of carbonyl (C=O) groups is 7. The molecule has 0 saturated heterocycles. The molecule has 354 valence electrons. The number of hydrogen-bond donors (Lipinski definition) is 12. The minimum Gasteiger partial charge on any atom is -0.359 e. The van der Waals surface area contributed by atoms with Gasteiger partial charge in [-0.1, -0.05) is 19.3 Å². The number of rotatable bonds is 42. The lowest BCUT2D eigenvalue weighted by Crippen LogP contribution is -2.54. The van der Waals surface area contributed by atoms with Gasteiger partial charge in [-0.2, -0.15) is 0 Å². The average Bonchev–Trinajstić information content (AvgIpc) is 3.26. The summed E-state index contributed by atoms with van der Waals surface area (Å²) in [6.07, 6.45) is 12.2. The predicted octanol–water partition coefficient (Wildman–Crippen LogP) is -1.33. The highest BCUT2D eigenvalue weighted by Gasteiger charge is 2.27. The normalized spacial score (nSPS) is 14.1. The van der Waals surface area contributed by atoms with Crippen LogP contribution < -0.4 is 63.8 Å². The molecule has 0 saturated carbocycles. The van der Waals surface area contributed by atoms with Gasteiger partial charge in [-0.05, 0) is 152 Å². The van der Waals surface area contributed by atoms with Crippen molar-refractivity contribution in [2.24, 2.45) is 0 Å². The molecule has 0 radical (unpaired) electrons. The van der Waals surface area contributed by atoms with Crippen LogP contribution in [0.3, 0.4) is 0 Å². The van der Waals surface area contributed by atoms with Gasteiger partial charge < -0.3 is 68.6 Å². The first-order valence-electron chi connectivity index (χ1n) is 22.6. The summed E-state index contributed by atoms with van der Waals surface area (Å²) in [4.78, 5) is 88.8. The van der Waals surface area contributed by atoms with E-state index in [0.717, 1.165) is 64.6 Å². The number of aldehydes is 1. The molecule has 0 aromatic carbocycles. The lowest BCUT2D eigenvalue weighted by atomic mass is 10.0. The third-order valence-electron chi connectivity index (χ3n) is 10.6. The molecule has 6 amide bonds. The second-order valence-electron chi connectivity index (χ2n) is 15.5. The molecule has 61 heavy (non-hydrogen) atoms. The summed E-state index contributed by atoms with van der Waals surface area (Å²) in [5.41, 5.74) is 0. The Bertz CT molecular complexity index is 1200. The Morgan fingerprint density at radius 1 is 0.377 bits per heavy atom. The molecule has 6 unspecified atom stereocenters. The van der Waals surface area contributed by atoms with Crippen molar-refractivity contribution in [3.63, 3.8) is 0 Å². The van der Waals surface area contributed by atoms with Gasteiger partial charge >= 0.3 is 0 Å². The number of likely N-dealkylation sites (N-methyl/N-ethyl adjacent to an activating group) is 3. The van der Waals surface area contributed by atoms with Gasteiger partial charge in [-0.15, -0.1) is 0 Å². The summed E-state index contributed by atoms with van der Waals surface area (Å²) < 4.78 is 0. The van der Waals surface area contributed by atoms with Crippen LogP contribution >= 0.6 is 0 Å². The van der Waals surface area contributed by atoms with Crippen molar-refractivity contribution in [1.82, 2.24) is 63.8 Å². The van der Waals surface area contributed by atoms with Crippen molar-refractivity contribution in [3.05, 3.63) is 0 Å². The first-order valence-corrected chi connectivity index (χ1v) is 22.6. The maximum atomic E-state index is 13.6. The quantitative estimate of drug-likeness (QED) is 0.0251. The molecule has 0 rings (SSSR count). The lowest BCUT2D eigenvalue weighted by molar-refractivity contribution is -0.131. The molecule has 0 aliphatic rings. The van der Waals surface area contributed by atoms with Crippen molar-refractivity contribution in [2.75, 3.05) is 81.6 Å². The minimum atomic E-state index is -0.889. The van der Waals surface area contributed by atoms with Crippen molar-refractivity contribution < 1.29 is 33.6 Å². The maximum Gasteiger partial charge on any atom is 0.243 e. The lowest BCUT2D eigenvalue weighted by Gasteiger charge is -2.24. The van der Waals surface area contributed by atoms with E-state index in [9.17, 15) is 33.6 Å². The van der Waals surface area contributed by atoms with Gasteiger partial charge in [0.15, 0.2) is 0 Å². The minimum absolute atomic E-state index is 0.0715. The Hall–Kier alpha value is -3.75. The van der Waals surface area contributed by atoms with Gasteiger partial charge in [0.25, 0.3) is 0 Å². The van der Waals surface area contributed by atoms with E-state index in [-0.39, 0.29) is 36.2 Å². The van der Waals surface area contributed by atoms with Crippen molar-refractivity contribution in [2.45, 2.75) is 145 Å². The zero-order valence-electron chi connectivity index (χ0n) is 38.2. The van der Waals surface area contributed by atoms with Crippen LogP contribution in [0.15, 0.2) is 0 Å². The van der Waals surface area contributed by atoms with Gasteiger partial charge in [0, 0.05) is 19.6 Å². The Morgan fingerprint density at radius 2 is 0.721 bits per heavy atom. The van der Waals surface area contributed by atoms with E-state index in [1.807, 2.05) is 21.1 Å². The molecule has 12 N–H and O–H groups in total. The van der Waals surface area contributed by atoms with Crippen molar-refractivity contribution >= 4 is 42.2 Å². The van der Waals surface area contributed by atoms with E-state index in [1.54, 1.807) is 21.1 Å². The second-order valence-corrected chi connectivity index (χ2v) is 15.5. The van der Waals surface area contributed by atoms with Gasteiger partial charge in [-0.25, -0.2) is 0 Å². The van der Waals surface area contributed by atoms with Crippen molar-refractivity contribution in [3.8, 4) is 0 Å². The summed E-state index contributed by atoms with van der Waals surface area (Å²) in [7, 11) is 10.8. The van der Waals surface area contributed by atoms with E-state index >= 15 is 0 Å². The van der Waals surface area contributed by atoms with Crippen molar-refractivity contribution in [1.29, 1.82) is 0 Å². The number of nitrogens with one attached hydrogen (secondary N) is 12. The van der Waals surface area contributed by atoms with Gasteiger partial charge in [0.2, 0.25) is 35.9 Å². The predicted molar refractivity (Wildman–Crippen MR) is 241 cm³/mol. The van der Waals surface area contributed by atoms with Crippen LogP contribution in [0.1, 0.15) is 109 Å². The molecule has 0 spiro atoms. The van der Waals surface area contributed by atoms with E-state index in [2.05, 4.69) is 63.8 Å². The number of amides is 6. The standard InChI is InChI=1S/C42H84N12O7/c1-43-24-12-8-19-33(46-4)38(57)50-29-16-11-22-37(54-41(60)35(48-6)21-10-14-26-45-3)42(61)52-32(30-55)18-7-15-28-51-39(58)36(23-17-27-49-31-56)53-40(59)34(47-5)20-9-13-25-44-2/h30-37,43-48H,7-29H2,1-6H3,(H,49,56)(H,50,57)(H,51,58)(H,52,61)(H,53,59)(H,54,60). The Labute approximate surface area is 365 Å². The Morgan fingerprint density at radius 3 is 1.13 bits per heavy atom. The van der Waals surface area contributed by atoms with Crippen LogP contribution in [-0.2, 0) is 33.6 Å². The Balaban J connectivity index is 5.35. The van der Waals surface area contributed by atoms with E-state index < -0.39 is 36.1 Å². The first-order chi connectivity index (χ1) is 29.6. The zero-order valence-corrected chi connectivity index (χ0v) is 38.2. The summed E-state index contributed by atoms with van der Waals surface area (Å²) >= 11 is 0. The van der Waals surface area contributed by atoms with E-state index in [1.165, 1.54) is 0 Å². The van der Waals surface area contributed by atoms with E-state index in [4.69, 9.17) is 0 Å². The molecule has 19 nitrogen and oxygen atoms in total. The number of unbranched alkanes of at least 4 members (excludes halogenated alkanes) is 5. The third-order valence-corrected chi connectivity index (χ3v) is 10.6. The highest BCUT2D eigenvalue weighted by molar-refractivity contribution is 5.91. The zero-order chi connectivity index (χ0) is 45.5. The van der Waals surface area contributed by atoms with Crippen LogP contribution in [0.25, 0.3) is 0 Å². The fourth-order valence-corrected chi connectivity index (χ4v) is 6.81. The summed E-state index contributed by atoms with van der Waals surface area (Å²) in [6.45, 7) is 3.65. The third kappa shape index (κ3) is 28.5. The molecule has 0 aliphatic carbocycles. The first kappa shape index (κ1) is 57.2. The second kappa shape index (κ2) is 39.1. The molecule has 6 atom stereocenters.